The van der Waals surface area contributed by atoms with E-state index in [1.54, 1.807) is 0 Å². The Balaban J connectivity index is 1.61. The Morgan fingerprint density at radius 3 is 3.00 bits per heavy atom. The number of amides is 1. The van der Waals surface area contributed by atoms with Gasteiger partial charge in [-0.25, -0.2) is 0 Å². The van der Waals surface area contributed by atoms with Crippen LogP contribution in [0, 0.1) is 5.92 Å². The molecule has 1 fully saturated rings. The van der Waals surface area contributed by atoms with Crippen LogP contribution in [0.15, 0.2) is 18.2 Å². The summed E-state index contributed by atoms with van der Waals surface area (Å²) in [6.07, 6.45) is 7.29. The van der Waals surface area contributed by atoms with Crippen molar-refractivity contribution in [2.45, 2.75) is 45.4 Å². The third-order valence-corrected chi connectivity index (χ3v) is 4.84. The molecule has 2 aliphatic rings. The minimum Gasteiger partial charge on any atom is -0.376 e. The maximum atomic E-state index is 12.3. The van der Waals surface area contributed by atoms with Crippen LogP contribution in [0.4, 0.5) is 5.69 Å². The van der Waals surface area contributed by atoms with Gasteiger partial charge in [-0.05, 0) is 61.6 Å². The molecular weight excluding hydrogens is 260 g/mol. The fourth-order valence-corrected chi connectivity index (χ4v) is 3.65. The van der Waals surface area contributed by atoms with Gasteiger partial charge >= 0.3 is 0 Å². The second-order valence-corrected chi connectivity index (χ2v) is 6.59. The van der Waals surface area contributed by atoms with Gasteiger partial charge in [0.25, 0.3) is 0 Å². The number of hydrogen-bond acceptors (Lipinski definition) is 2. The van der Waals surface area contributed by atoms with Crippen molar-refractivity contribution in [3.63, 3.8) is 0 Å². The first-order chi connectivity index (χ1) is 10.2. The van der Waals surface area contributed by atoms with Crippen molar-refractivity contribution < 1.29 is 4.79 Å². The van der Waals surface area contributed by atoms with Crippen molar-refractivity contribution in [2.24, 2.45) is 5.92 Å². The molecule has 0 aromatic heterocycles. The van der Waals surface area contributed by atoms with E-state index in [2.05, 4.69) is 30.4 Å². The van der Waals surface area contributed by atoms with Crippen molar-refractivity contribution >= 4 is 11.6 Å². The van der Waals surface area contributed by atoms with Crippen LogP contribution in [0.1, 0.15) is 43.7 Å². The van der Waals surface area contributed by atoms with E-state index in [1.807, 2.05) is 4.90 Å². The summed E-state index contributed by atoms with van der Waals surface area (Å²) in [6, 6.07) is 6.46. The van der Waals surface area contributed by atoms with Gasteiger partial charge in [-0.15, -0.1) is 0 Å². The SMILES string of the molecule is CC1CCCN(C(=O)CNc2cccc3c2CCCC3)C1. The van der Waals surface area contributed by atoms with Gasteiger partial charge in [0.2, 0.25) is 5.91 Å². The second kappa shape index (κ2) is 6.50. The van der Waals surface area contributed by atoms with Crippen LogP contribution in [0.2, 0.25) is 0 Å². The quantitative estimate of drug-likeness (QED) is 0.925. The lowest BCUT2D eigenvalue weighted by Crippen LogP contribution is -2.42. The van der Waals surface area contributed by atoms with E-state index >= 15 is 0 Å². The van der Waals surface area contributed by atoms with Crippen molar-refractivity contribution in [1.82, 2.24) is 4.90 Å². The van der Waals surface area contributed by atoms with E-state index < -0.39 is 0 Å². The number of fused-ring (bicyclic) bond motifs is 1. The first-order valence-electron chi connectivity index (χ1n) is 8.36. The fraction of sp³-hybridized carbons (Fsp3) is 0.611. The molecule has 1 heterocycles. The largest absolute Gasteiger partial charge is 0.376 e. The van der Waals surface area contributed by atoms with Gasteiger partial charge in [0.1, 0.15) is 0 Å². The molecule has 3 heteroatoms. The van der Waals surface area contributed by atoms with E-state index in [4.69, 9.17) is 0 Å². The third kappa shape index (κ3) is 3.39. The molecule has 1 aromatic rings. The number of carbonyl (C=O) groups excluding carboxylic acids is 1. The number of nitrogens with one attached hydrogen (secondary N) is 1. The Bertz CT molecular complexity index is 512. The predicted octanol–water partition coefficient (Wildman–Crippen LogP) is 3.24. The predicted molar refractivity (Wildman–Crippen MR) is 86.6 cm³/mol. The molecule has 1 amide bonds. The van der Waals surface area contributed by atoms with E-state index in [0.717, 1.165) is 25.9 Å². The molecule has 3 rings (SSSR count). The van der Waals surface area contributed by atoms with Gasteiger partial charge in [-0.3, -0.25) is 4.79 Å². The van der Waals surface area contributed by atoms with Crippen LogP contribution in [0.25, 0.3) is 0 Å². The summed E-state index contributed by atoms with van der Waals surface area (Å²) < 4.78 is 0. The highest BCUT2D eigenvalue weighted by Gasteiger charge is 2.21. The van der Waals surface area contributed by atoms with Gasteiger partial charge in [0, 0.05) is 18.8 Å². The minimum atomic E-state index is 0.245. The number of likely N-dealkylation sites (tertiary alicyclic amines) is 1. The number of nitrogens with zero attached hydrogens (tertiary/aromatic N) is 1. The monoisotopic (exact) mass is 286 g/mol. The Morgan fingerprint density at radius 1 is 1.29 bits per heavy atom. The van der Waals surface area contributed by atoms with Crippen LogP contribution in [0.5, 0.6) is 0 Å². The molecule has 1 aliphatic carbocycles. The summed E-state index contributed by atoms with van der Waals surface area (Å²) in [5.41, 5.74) is 4.07. The highest BCUT2D eigenvalue weighted by molar-refractivity contribution is 5.81. The van der Waals surface area contributed by atoms with Crippen molar-refractivity contribution in [3.05, 3.63) is 29.3 Å². The maximum absolute atomic E-state index is 12.3. The average Bonchev–Trinajstić information content (AvgIpc) is 2.52. The molecule has 1 aromatic carbocycles. The summed E-state index contributed by atoms with van der Waals surface area (Å²) in [5, 5.41) is 3.39. The fourth-order valence-electron chi connectivity index (χ4n) is 3.65. The van der Waals surface area contributed by atoms with E-state index in [1.165, 1.54) is 42.5 Å². The zero-order valence-electron chi connectivity index (χ0n) is 13.0. The molecule has 1 N–H and O–H groups in total. The Kier molecular flexibility index (Phi) is 4.47. The molecular formula is C18H26N2O. The van der Waals surface area contributed by atoms with Gasteiger partial charge in [0.05, 0.1) is 6.54 Å². The van der Waals surface area contributed by atoms with Gasteiger partial charge < -0.3 is 10.2 Å². The molecule has 0 spiro atoms. The molecule has 1 aliphatic heterocycles. The molecule has 1 saturated heterocycles. The standard InChI is InChI=1S/C18H26N2O/c1-14-6-5-11-20(13-14)18(21)12-19-17-10-4-8-15-7-2-3-9-16(15)17/h4,8,10,14,19H,2-3,5-7,9,11-13H2,1H3. The van der Waals surface area contributed by atoms with Crippen molar-refractivity contribution in [1.29, 1.82) is 0 Å². The van der Waals surface area contributed by atoms with Crippen molar-refractivity contribution in [3.8, 4) is 0 Å². The molecule has 0 radical (unpaired) electrons. The lowest BCUT2D eigenvalue weighted by atomic mass is 9.90. The Labute approximate surface area is 127 Å². The van der Waals surface area contributed by atoms with E-state index in [0.29, 0.717) is 12.5 Å². The van der Waals surface area contributed by atoms with Gasteiger partial charge in [-0.1, -0.05) is 19.1 Å². The van der Waals surface area contributed by atoms with Crippen LogP contribution >= 0.6 is 0 Å². The molecule has 1 atom stereocenters. The number of benzene rings is 1. The summed E-state index contributed by atoms with van der Waals surface area (Å²) >= 11 is 0. The van der Waals surface area contributed by atoms with Crippen LogP contribution < -0.4 is 5.32 Å². The lowest BCUT2D eigenvalue weighted by Gasteiger charge is -2.31. The highest BCUT2D eigenvalue weighted by atomic mass is 16.2. The molecule has 0 saturated carbocycles. The van der Waals surface area contributed by atoms with Crippen molar-refractivity contribution in [2.75, 3.05) is 25.0 Å². The number of piperidine rings is 1. The van der Waals surface area contributed by atoms with Crippen LogP contribution in [-0.4, -0.2) is 30.4 Å². The van der Waals surface area contributed by atoms with Crippen LogP contribution in [-0.2, 0) is 17.6 Å². The van der Waals surface area contributed by atoms with E-state index in [-0.39, 0.29) is 5.91 Å². The Morgan fingerprint density at radius 2 is 2.14 bits per heavy atom. The maximum Gasteiger partial charge on any atom is 0.241 e. The number of rotatable bonds is 3. The third-order valence-electron chi connectivity index (χ3n) is 4.84. The molecule has 0 bridgehead atoms. The second-order valence-electron chi connectivity index (χ2n) is 6.59. The first kappa shape index (κ1) is 14.4. The van der Waals surface area contributed by atoms with E-state index in [9.17, 15) is 4.79 Å². The van der Waals surface area contributed by atoms with Gasteiger partial charge in [-0.2, -0.15) is 0 Å². The summed E-state index contributed by atoms with van der Waals surface area (Å²) in [6.45, 7) is 4.52. The number of hydrogen-bond donors (Lipinski definition) is 1. The minimum absolute atomic E-state index is 0.245. The number of carbonyl (C=O) groups is 1. The first-order valence-corrected chi connectivity index (χ1v) is 8.36. The average molecular weight is 286 g/mol. The molecule has 3 nitrogen and oxygen atoms in total. The number of anilines is 1. The smallest absolute Gasteiger partial charge is 0.241 e. The van der Waals surface area contributed by atoms with Crippen LogP contribution in [0.3, 0.4) is 0 Å². The summed E-state index contributed by atoms with van der Waals surface area (Å²) in [7, 11) is 0. The normalized spacial score (nSPS) is 21.8. The summed E-state index contributed by atoms with van der Waals surface area (Å²) in [4.78, 5) is 14.4. The Hall–Kier alpha value is -1.51. The zero-order chi connectivity index (χ0) is 14.7. The zero-order valence-corrected chi connectivity index (χ0v) is 13.0. The molecule has 114 valence electrons. The van der Waals surface area contributed by atoms with Gasteiger partial charge in [0.15, 0.2) is 0 Å². The number of aryl methyl sites for hydroxylation is 1. The topological polar surface area (TPSA) is 32.3 Å². The summed E-state index contributed by atoms with van der Waals surface area (Å²) in [5.74, 6) is 0.891. The highest BCUT2D eigenvalue weighted by Crippen LogP contribution is 2.27. The lowest BCUT2D eigenvalue weighted by molar-refractivity contribution is -0.130. The molecule has 21 heavy (non-hydrogen) atoms. The molecule has 1 unspecified atom stereocenters.